The molecule has 1 amide bonds. The number of carbonyl (C=O) groups is 2. The molecule has 2 aromatic rings. The molecule has 0 aliphatic carbocycles. The fourth-order valence-electron chi connectivity index (χ4n) is 3.17. The third-order valence-corrected chi connectivity index (χ3v) is 4.46. The smallest absolute Gasteiger partial charge is 0.303 e. The number of carboxylic acids is 1. The predicted octanol–water partition coefficient (Wildman–Crippen LogP) is 2.59. The van der Waals surface area contributed by atoms with Gasteiger partial charge >= 0.3 is 5.97 Å². The third kappa shape index (κ3) is 3.82. The molecule has 0 unspecified atom stereocenters. The highest BCUT2D eigenvalue weighted by molar-refractivity contribution is 5.94. The van der Waals surface area contributed by atoms with Crippen molar-refractivity contribution in [3.63, 3.8) is 0 Å². The molecule has 6 heteroatoms. The lowest BCUT2D eigenvalue weighted by Crippen LogP contribution is -2.40. The number of carboxylic acid groups (broad SMARTS) is 1. The number of amides is 1. The lowest BCUT2D eigenvalue weighted by molar-refractivity contribution is -0.137. The van der Waals surface area contributed by atoms with Crippen molar-refractivity contribution in [1.82, 2.24) is 14.7 Å². The Morgan fingerprint density at radius 2 is 2.04 bits per heavy atom. The van der Waals surface area contributed by atoms with E-state index >= 15 is 0 Å². The highest BCUT2D eigenvalue weighted by Gasteiger charge is 2.24. The fraction of sp³-hybridized carbons (Fsp3) is 0.389. The Hall–Kier alpha value is -2.63. The standard InChI is InChI=1S/C18H21N3O3/c22-17(23)9-4-14-3-1-11-20(13-14)18(24)15-5-7-16(8-6-15)21-12-2-10-19-21/h2,5-8,10,12,14H,1,3-4,9,11,13H2,(H,22,23)/t14-/m1/s1. The molecule has 126 valence electrons. The Balaban J connectivity index is 1.64. The van der Waals surface area contributed by atoms with E-state index in [1.807, 2.05) is 41.4 Å². The van der Waals surface area contributed by atoms with Crippen LogP contribution in [-0.4, -0.2) is 44.8 Å². The number of likely N-dealkylation sites (tertiary alicyclic amines) is 1. The van der Waals surface area contributed by atoms with Crippen LogP contribution >= 0.6 is 0 Å². The van der Waals surface area contributed by atoms with E-state index in [-0.39, 0.29) is 18.2 Å². The Bertz CT molecular complexity index is 695. The van der Waals surface area contributed by atoms with Gasteiger partial charge in [-0.2, -0.15) is 5.10 Å². The molecular formula is C18H21N3O3. The molecule has 24 heavy (non-hydrogen) atoms. The van der Waals surface area contributed by atoms with Crippen LogP contribution in [0.5, 0.6) is 0 Å². The van der Waals surface area contributed by atoms with Crippen molar-refractivity contribution in [1.29, 1.82) is 0 Å². The van der Waals surface area contributed by atoms with Gasteiger partial charge in [-0.05, 0) is 55.5 Å². The summed E-state index contributed by atoms with van der Waals surface area (Å²) in [4.78, 5) is 25.2. The minimum atomic E-state index is -0.771. The highest BCUT2D eigenvalue weighted by Crippen LogP contribution is 2.22. The van der Waals surface area contributed by atoms with Gasteiger partial charge in [-0.1, -0.05) is 0 Å². The van der Waals surface area contributed by atoms with Crippen LogP contribution in [0.2, 0.25) is 0 Å². The lowest BCUT2D eigenvalue weighted by atomic mass is 9.93. The van der Waals surface area contributed by atoms with Crippen LogP contribution in [0, 0.1) is 5.92 Å². The second-order valence-electron chi connectivity index (χ2n) is 6.19. The number of piperidine rings is 1. The van der Waals surface area contributed by atoms with Crippen LogP contribution in [0.3, 0.4) is 0 Å². The molecule has 1 aromatic carbocycles. The molecule has 2 heterocycles. The Labute approximate surface area is 140 Å². The predicted molar refractivity (Wildman–Crippen MR) is 89.1 cm³/mol. The topological polar surface area (TPSA) is 75.4 Å². The van der Waals surface area contributed by atoms with E-state index in [0.29, 0.717) is 18.5 Å². The van der Waals surface area contributed by atoms with Gasteiger partial charge in [0.1, 0.15) is 0 Å². The number of aliphatic carboxylic acids is 1. The van der Waals surface area contributed by atoms with Gasteiger partial charge in [0.2, 0.25) is 0 Å². The molecule has 0 spiro atoms. The van der Waals surface area contributed by atoms with E-state index in [2.05, 4.69) is 5.10 Å². The van der Waals surface area contributed by atoms with Gasteiger partial charge in [-0.25, -0.2) is 4.68 Å². The zero-order valence-electron chi connectivity index (χ0n) is 13.5. The van der Waals surface area contributed by atoms with Crippen LogP contribution < -0.4 is 0 Å². The van der Waals surface area contributed by atoms with E-state index in [9.17, 15) is 9.59 Å². The Morgan fingerprint density at radius 3 is 2.71 bits per heavy atom. The number of nitrogens with zero attached hydrogens (tertiary/aromatic N) is 3. The van der Waals surface area contributed by atoms with Crippen molar-refractivity contribution in [3.05, 3.63) is 48.3 Å². The molecule has 0 bridgehead atoms. The van der Waals surface area contributed by atoms with Gasteiger partial charge in [0.15, 0.2) is 0 Å². The quantitative estimate of drug-likeness (QED) is 0.916. The number of benzene rings is 1. The monoisotopic (exact) mass is 327 g/mol. The zero-order chi connectivity index (χ0) is 16.9. The second kappa shape index (κ2) is 7.29. The van der Waals surface area contributed by atoms with Gasteiger partial charge < -0.3 is 10.0 Å². The SMILES string of the molecule is O=C(O)CC[C@H]1CCCN(C(=O)c2ccc(-n3cccn3)cc2)C1. The Morgan fingerprint density at radius 1 is 1.25 bits per heavy atom. The number of hydrogen-bond donors (Lipinski definition) is 1. The summed E-state index contributed by atoms with van der Waals surface area (Å²) < 4.78 is 1.75. The number of rotatable bonds is 5. The Kier molecular flexibility index (Phi) is 4.93. The molecule has 1 atom stereocenters. The van der Waals surface area contributed by atoms with Gasteiger partial charge in [-0.15, -0.1) is 0 Å². The number of hydrogen-bond acceptors (Lipinski definition) is 3. The second-order valence-corrected chi connectivity index (χ2v) is 6.19. The summed E-state index contributed by atoms with van der Waals surface area (Å²) >= 11 is 0. The minimum absolute atomic E-state index is 0.0158. The van der Waals surface area contributed by atoms with E-state index in [0.717, 1.165) is 25.1 Å². The van der Waals surface area contributed by atoms with Gasteiger partial charge in [-0.3, -0.25) is 9.59 Å². The first kappa shape index (κ1) is 16.2. The first-order chi connectivity index (χ1) is 11.6. The molecule has 1 saturated heterocycles. The molecule has 6 nitrogen and oxygen atoms in total. The number of aromatic nitrogens is 2. The van der Waals surface area contributed by atoms with Crippen LogP contribution in [0.1, 0.15) is 36.0 Å². The van der Waals surface area contributed by atoms with Gasteiger partial charge in [0, 0.05) is 37.5 Å². The molecule has 1 aliphatic heterocycles. The van der Waals surface area contributed by atoms with Crippen LogP contribution in [0.4, 0.5) is 0 Å². The summed E-state index contributed by atoms with van der Waals surface area (Å²) in [6.07, 6.45) is 6.30. The molecule has 1 aromatic heterocycles. The third-order valence-electron chi connectivity index (χ3n) is 4.46. The van der Waals surface area contributed by atoms with Gasteiger partial charge in [0.05, 0.1) is 5.69 Å². The van der Waals surface area contributed by atoms with Crippen molar-refractivity contribution in [2.45, 2.75) is 25.7 Å². The van der Waals surface area contributed by atoms with Crippen molar-refractivity contribution < 1.29 is 14.7 Å². The summed E-state index contributed by atoms with van der Waals surface area (Å²) in [5, 5.41) is 13.0. The summed E-state index contributed by atoms with van der Waals surface area (Å²) in [6, 6.07) is 9.25. The van der Waals surface area contributed by atoms with Crippen LogP contribution in [-0.2, 0) is 4.79 Å². The molecule has 0 radical (unpaired) electrons. The van der Waals surface area contributed by atoms with E-state index in [4.69, 9.17) is 5.11 Å². The van der Waals surface area contributed by atoms with Crippen molar-refractivity contribution >= 4 is 11.9 Å². The molecule has 1 fully saturated rings. The normalized spacial score (nSPS) is 17.7. The first-order valence-electron chi connectivity index (χ1n) is 8.24. The van der Waals surface area contributed by atoms with Crippen molar-refractivity contribution in [2.24, 2.45) is 5.92 Å². The molecule has 1 N–H and O–H groups in total. The molecular weight excluding hydrogens is 306 g/mol. The maximum atomic E-state index is 12.7. The van der Waals surface area contributed by atoms with Crippen LogP contribution in [0.15, 0.2) is 42.7 Å². The summed E-state index contributed by atoms with van der Waals surface area (Å²) in [5.41, 5.74) is 1.57. The maximum Gasteiger partial charge on any atom is 0.303 e. The summed E-state index contributed by atoms with van der Waals surface area (Å²) in [6.45, 7) is 1.39. The average Bonchev–Trinajstić information content (AvgIpc) is 3.14. The largest absolute Gasteiger partial charge is 0.481 e. The molecule has 3 rings (SSSR count). The van der Waals surface area contributed by atoms with Crippen molar-refractivity contribution in [3.8, 4) is 5.69 Å². The fourth-order valence-corrected chi connectivity index (χ4v) is 3.17. The average molecular weight is 327 g/mol. The van der Waals surface area contributed by atoms with E-state index in [1.165, 1.54) is 0 Å². The van der Waals surface area contributed by atoms with Crippen molar-refractivity contribution in [2.75, 3.05) is 13.1 Å². The van der Waals surface area contributed by atoms with E-state index in [1.54, 1.807) is 10.9 Å². The minimum Gasteiger partial charge on any atom is -0.481 e. The van der Waals surface area contributed by atoms with Crippen LogP contribution in [0.25, 0.3) is 5.69 Å². The van der Waals surface area contributed by atoms with E-state index < -0.39 is 5.97 Å². The lowest BCUT2D eigenvalue weighted by Gasteiger charge is -2.32. The first-order valence-corrected chi connectivity index (χ1v) is 8.24. The highest BCUT2D eigenvalue weighted by atomic mass is 16.4. The molecule has 1 aliphatic rings. The van der Waals surface area contributed by atoms with Gasteiger partial charge in [0.25, 0.3) is 5.91 Å². The maximum absolute atomic E-state index is 12.7. The zero-order valence-corrected chi connectivity index (χ0v) is 13.5. The summed E-state index contributed by atoms with van der Waals surface area (Å²) in [7, 11) is 0. The summed E-state index contributed by atoms with van der Waals surface area (Å²) in [5.74, 6) is -0.475. The molecule has 0 saturated carbocycles. The number of carbonyl (C=O) groups excluding carboxylic acids is 1.